The Morgan fingerprint density at radius 2 is 1.72 bits per heavy atom. The molecule has 0 aliphatic carbocycles. The van der Waals surface area contributed by atoms with Crippen LogP contribution in [0.3, 0.4) is 0 Å². The lowest BCUT2D eigenvalue weighted by molar-refractivity contribution is -0.147. The van der Waals surface area contributed by atoms with Crippen LogP contribution in [0.25, 0.3) is 21.9 Å². The number of ether oxygens (including phenoxy) is 2. The van der Waals surface area contributed by atoms with Crippen LogP contribution in [-0.2, 0) is 32.6 Å². The number of nitrogens with zero attached hydrogens (tertiary/aromatic N) is 4. The van der Waals surface area contributed by atoms with Crippen LogP contribution in [0.1, 0.15) is 58.4 Å². The fourth-order valence-corrected chi connectivity index (χ4v) is 7.42. The number of carboxylic acid groups (broad SMARTS) is 1. The first-order valence-corrected chi connectivity index (χ1v) is 18.8. The lowest BCUT2D eigenvalue weighted by Crippen LogP contribution is -2.54. The van der Waals surface area contributed by atoms with Gasteiger partial charge in [0.2, 0.25) is 11.8 Å². The van der Waals surface area contributed by atoms with E-state index in [9.17, 15) is 38.7 Å². The molecule has 2 aromatic heterocycles. The van der Waals surface area contributed by atoms with Crippen LogP contribution in [0.15, 0.2) is 59.8 Å². The van der Waals surface area contributed by atoms with E-state index >= 15 is 0 Å². The molecule has 0 saturated carbocycles. The second-order valence-electron chi connectivity index (χ2n) is 14.1. The van der Waals surface area contributed by atoms with E-state index < -0.39 is 47.6 Å². The highest BCUT2D eigenvalue weighted by Gasteiger charge is 2.45. The third-order valence-electron chi connectivity index (χ3n) is 10.5. The summed E-state index contributed by atoms with van der Waals surface area (Å²) < 4.78 is 12.9. The number of pyridine rings is 2. The van der Waals surface area contributed by atoms with Crippen molar-refractivity contribution < 1.29 is 43.3 Å². The number of nitrogens with one attached hydrogen (secondary N) is 3. The number of aromatic nitrogens is 2. The average Bonchev–Trinajstić information content (AvgIpc) is 3.47. The van der Waals surface area contributed by atoms with Crippen molar-refractivity contribution in [2.45, 2.75) is 50.6 Å². The topological polar surface area (TPSA) is 219 Å². The number of unbranched alkanes of at least 4 members (excludes halogenated alkanes) is 2. The summed E-state index contributed by atoms with van der Waals surface area (Å²) in [6.07, 6.45) is 7.14. The molecule has 6 rings (SSSR count). The Morgan fingerprint density at radius 1 is 0.983 bits per heavy atom. The minimum atomic E-state index is -1.49. The van der Waals surface area contributed by atoms with Crippen LogP contribution < -0.4 is 31.0 Å². The number of hydrogen-bond donors (Lipinski definition) is 4. The van der Waals surface area contributed by atoms with Gasteiger partial charge in [-0.05, 0) is 73.4 Å². The molecule has 0 radical (unpaired) electrons. The van der Waals surface area contributed by atoms with Crippen molar-refractivity contribution in [2.75, 3.05) is 46.2 Å². The second kappa shape index (κ2) is 17.7. The van der Waals surface area contributed by atoms with Gasteiger partial charge in [-0.2, -0.15) is 0 Å². The van der Waals surface area contributed by atoms with Crippen LogP contribution in [0.5, 0.6) is 11.5 Å². The van der Waals surface area contributed by atoms with E-state index in [2.05, 4.69) is 20.9 Å². The highest BCUT2D eigenvalue weighted by atomic mass is 16.5. The minimum absolute atomic E-state index is 0.0307. The van der Waals surface area contributed by atoms with Crippen molar-refractivity contribution in [2.24, 2.45) is 7.05 Å². The smallest absolute Gasteiger partial charge is 0.330 e. The largest absolute Gasteiger partial charge is 0.496 e. The van der Waals surface area contributed by atoms with Gasteiger partial charge in [-0.3, -0.25) is 49.3 Å². The van der Waals surface area contributed by atoms with E-state index in [-0.39, 0.29) is 42.5 Å². The van der Waals surface area contributed by atoms with E-state index in [0.29, 0.717) is 65.9 Å². The summed E-state index contributed by atoms with van der Waals surface area (Å²) >= 11 is 0. The van der Waals surface area contributed by atoms with Crippen molar-refractivity contribution in [3.8, 4) is 22.6 Å². The third-order valence-corrected chi connectivity index (χ3v) is 10.5. The fraction of sp³-hybridized carbons (Fsp3) is 0.366. The van der Waals surface area contributed by atoms with Gasteiger partial charge in [0.1, 0.15) is 17.5 Å². The monoisotopic (exact) mass is 795 g/mol. The molecule has 17 heteroatoms. The molecule has 4 aromatic rings. The Balaban J connectivity index is 1.01. The molecular formula is C41H45N7O10. The van der Waals surface area contributed by atoms with Crippen LogP contribution in [0.2, 0.25) is 0 Å². The molecule has 304 valence electrons. The number of fused-ring (bicyclic) bond motifs is 2. The quantitative estimate of drug-likeness (QED) is 0.0687. The first-order chi connectivity index (χ1) is 27.9. The zero-order chi connectivity index (χ0) is 41.7. The molecule has 4 heterocycles. The molecular weight excluding hydrogens is 750 g/mol. The van der Waals surface area contributed by atoms with E-state index in [1.165, 1.54) is 35.9 Å². The maximum absolute atomic E-state index is 13.3. The molecule has 17 nitrogen and oxygen atoms in total. The summed E-state index contributed by atoms with van der Waals surface area (Å²) in [5.74, 6) is -3.23. The summed E-state index contributed by atoms with van der Waals surface area (Å²) in [6, 6.07) is 7.73. The molecule has 2 unspecified atom stereocenters. The standard InChI is InChI=1S/C41H45N7O10/c1-46(18-7-5-6-15-43-29-10-8-9-26-34(29)39(53)48(38(26)52)30-11-12-33(49)45-36(30)50)40(54)35(41(55)56)44-17-14-25-31(57-3)19-23(20-32(25)58-4)28-22-47(2)37(51)27-21-42-16-13-24(27)28/h8-10,13,16,19-22,30,35,43-44H,5-7,11-12,14-15,17-18H2,1-4H3,(H,55,56)(H,45,49,50). The summed E-state index contributed by atoms with van der Waals surface area (Å²) in [7, 11) is 6.25. The number of amides is 5. The summed E-state index contributed by atoms with van der Waals surface area (Å²) in [6.45, 7) is 0.865. The summed E-state index contributed by atoms with van der Waals surface area (Å²) in [5.41, 5.74) is 2.81. The molecule has 5 amide bonds. The van der Waals surface area contributed by atoms with Crippen molar-refractivity contribution in [1.82, 2.24) is 30.0 Å². The Morgan fingerprint density at radius 3 is 2.41 bits per heavy atom. The van der Waals surface area contributed by atoms with E-state index in [4.69, 9.17) is 9.47 Å². The van der Waals surface area contributed by atoms with Crippen molar-refractivity contribution in [3.05, 3.63) is 82.0 Å². The molecule has 2 aliphatic rings. The molecule has 1 saturated heterocycles. The molecule has 0 spiro atoms. The highest BCUT2D eigenvalue weighted by Crippen LogP contribution is 2.37. The second-order valence-corrected chi connectivity index (χ2v) is 14.1. The average molecular weight is 796 g/mol. The fourth-order valence-electron chi connectivity index (χ4n) is 7.42. The van der Waals surface area contributed by atoms with E-state index in [0.717, 1.165) is 16.0 Å². The van der Waals surface area contributed by atoms with Gasteiger partial charge < -0.3 is 29.4 Å². The molecule has 58 heavy (non-hydrogen) atoms. The number of carbonyl (C=O) groups is 6. The lowest BCUT2D eigenvalue weighted by Gasteiger charge is -2.27. The zero-order valence-electron chi connectivity index (χ0n) is 32.6. The lowest BCUT2D eigenvalue weighted by atomic mass is 9.98. The van der Waals surface area contributed by atoms with Crippen molar-refractivity contribution in [3.63, 3.8) is 0 Å². The summed E-state index contributed by atoms with van der Waals surface area (Å²) in [4.78, 5) is 95.1. The van der Waals surface area contributed by atoms with Gasteiger partial charge in [0.05, 0.1) is 30.7 Å². The Bertz CT molecular complexity index is 2330. The highest BCUT2D eigenvalue weighted by molar-refractivity contribution is 6.25. The predicted molar refractivity (Wildman–Crippen MR) is 212 cm³/mol. The number of anilines is 1. The Hall–Kier alpha value is -6.62. The van der Waals surface area contributed by atoms with Gasteiger partial charge in [0, 0.05) is 75.6 Å². The van der Waals surface area contributed by atoms with Gasteiger partial charge >= 0.3 is 5.97 Å². The SMILES string of the molecule is COc1cc(-c2cn(C)c(=O)c3cnccc23)cc(OC)c1CCNC(C(=O)O)C(=O)N(C)CCCCCNc1cccc2c1C(=O)N(C1CCC(=O)NC1=O)C2=O. The third kappa shape index (κ3) is 8.25. The maximum Gasteiger partial charge on any atom is 0.330 e. The van der Waals surface area contributed by atoms with Gasteiger partial charge in [0.15, 0.2) is 6.04 Å². The van der Waals surface area contributed by atoms with Crippen LogP contribution in [-0.4, -0.2) is 113 Å². The van der Waals surface area contributed by atoms with Gasteiger partial charge in [-0.25, -0.2) is 4.79 Å². The first kappa shape index (κ1) is 41.0. The number of rotatable bonds is 17. The number of likely N-dealkylation sites (N-methyl/N-ethyl adjacent to an activating group) is 1. The summed E-state index contributed by atoms with van der Waals surface area (Å²) in [5, 5.41) is 19.4. The molecule has 2 aromatic carbocycles. The van der Waals surface area contributed by atoms with Crippen LogP contribution >= 0.6 is 0 Å². The molecule has 2 atom stereocenters. The number of aryl methyl sites for hydroxylation is 1. The maximum atomic E-state index is 13.3. The van der Waals surface area contributed by atoms with Crippen LogP contribution in [0.4, 0.5) is 5.69 Å². The number of aliphatic carboxylic acids is 1. The number of piperidine rings is 1. The Labute approximate surface area is 333 Å². The molecule has 1 fully saturated rings. The number of hydrogen-bond acceptors (Lipinski definition) is 12. The minimum Gasteiger partial charge on any atom is -0.496 e. The van der Waals surface area contributed by atoms with Crippen molar-refractivity contribution >= 4 is 52.0 Å². The number of carboxylic acids is 1. The molecule has 4 N–H and O–H groups in total. The number of imide groups is 2. The van der Waals surface area contributed by atoms with E-state index in [1.54, 1.807) is 44.7 Å². The van der Waals surface area contributed by atoms with Crippen molar-refractivity contribution in [1.29, 1.82) is 0 Å². The van der Waals surface area contributed by atoms with Gasteiger partial charge in [-0.1, -0.05) is 6.07 Å². The van der Waals surface area contributed by atoms with Crippen LogP contribution in [0, 0.1) is 0 Å². The predicted octanol–water partition coefficient (Wildman–Crippen LogP) is 2.35. The molecule has 2 aliphatic heterocycles. The van der Waals surface area contributed by atoms with Gasteiger partial charge in [0.25, 0.3) is 23.3 Å². The number of methoxy groups -OCH3 is 2. The van der Waals surface area contributed by atoms with Gasteiger partial charge in [-0.15, -0.1) is 0 Å². The first-order valence-electron chi connectivity index (χ1n) is 18.8. The normalized spacial score (nSPS) is 15.6. The Kier molecular flexibility index (Phi) is 12.5. The number of carbonyl (C=O) groups excluding carboxylic acids is 5. The molecule has 0 bridgehead atoms. The zero-order valence-corrected chi connectivity index (χ0v) is 32.6. The van der Waals surface area contributed by atoms with E-state index in [1.807, 2.05) is 12.1 Å². The number of benzene rings is 2.